The Morgan fingerprint density at radius 3 is 1.83 bits per heavy atom. The number of carboxylic acids is 2. The van der Waals surface area contributed by atoms with Gasteiger partial charge >= 0.3 is 11.9 Å². The normalized spacial score (nSPS) is 19.0. The molecule has 0 bridgehead atoms. The molecule has 0 spiro atoms. The molecule has 0 aromatic rings. The molecule has 1 heterocycles. The number of hydrogen-bond donors (Lipinski definition) is 9. The fourth-order valence-electron chi connectivity index (χ4n) is 4.32. The number of aliphatic hydroxyl groups is 2. The van der Waals surface area contributed by atoms with Gasteiger partial charge in [0.25, 0.3) is 0 Å². The van der Waals surface area contributed by atoms with Gasteiger partial charge in [-0.25, -0.2) is 4.79 Å². The summed E-state index contributed by atoms with van der Waals surface area (Å²) in [4.78, 5) is 87.7. The number of carbonyl (C=O) groups excluding carboxylic acids is 5. The van der Waals surface area contributed by atoms with Crippen molar-refractivity contribution in [3.63, 3.8) is 0 Å². The molecule has 10 N–H and O–H groups in total. The maximum absolute atomic E-state index is 13.2. The minimum Gasteiger partial charge on any atom is -0.481 e. The summed E-state index contributed by atoms with van der Waals surface area (Å²) < 4.78 is 0. The Balaban J connectivity index is 3.16. The third-order valence-corrected chi connectivity index (χ3v) is 6.66. The number of hydrogen-bond acceptors (Lipinski definition) is 10. The summed E-state index contributed by atoms with van der Waals surface area (Å²) in [6.45, 7) is 5.27. The average molecular weight is 603 g/mol. The summed E-state index contributed by atoms with van der Waals surface area (Å²) in [6.07, 6.45) is -3.51. The highest BCUT2D eigenvalue weighted by atomic mass is 16.4. The van der Waals surface area contributed by atoms with E-state index in [9.17, 15) is 48.9 Å². The van der Waals surface area contributed by atoms with Crippen LogP contribution in [0.25, 0.3) is 0 Å². The topological polar surface area (TPSA) is 278 Å². The van der Waals surface area contributed by atoms with Crippen LogP contribution in [0, 0.1) is 5.92 Å². The smallest absolute Gasteiger partial charge is 0.326 e. The fourth-order valence-corrected chi connectivity index (χ4v) is 4.32. The van der Waals surface area contributed by atoms with Gasteiger partial charge in [0.05, 0.1) is 18.8 Å². The Hall–Kier alpha value is -3.83. The van der Waals surface area contributed by atoms with E-state index in [2.05, 4.69) is 21.3 Å². The standard InChI is InChI=1S/C25H42N6O11/c1-11(2)18(28-16(34)10-26)22(38)29-19(12(3)32)23(39)27-14(7-8-17(35)36)21(37)30-20(13(4)33)24(40)31-9-5-6-15(31)25(41)42/h11-15,18-20,32-33H,5-10,26H2,1-4H3,(H,27,39)(H,28,34)(H,29,38)(H,30,37)(H,35,36)(H,41,42)/t12-,13-,14+,15+,18+,19+,20+/m1/s1. The van der Waals surface area contributed by atoms with Crippen LogP contribution in [0.1, 0.15) is 53.4 Å². The third kappa shape index (κ3) is 10.5. The highest BCUT2D eigenvalue weighted by molar-refractivity contribution is 5.96. The van der Waals surface area contributed by atoms with Crippen LogP contribution < -0.4 is 27.0 Å². The number of carboxylic acid groups (broad SMARTS) is 2. The molecule has 0 saturated carbocycles. The molecule has 1 rings (SSSR count). The first-order valence-corrected chi connectivity index (χ1v) is 13.5. The molecule has 1 aliphatic rings. The zero-order valence-electron chi connectivity index (χ0n) is 24.0. The molecule has 1 saturated heterocycles. The van der Waals surface area contributed by atoms with E-state index in [1.807, 2.05) is 0 Å². The second-order valence-electron chi connectivity index (χ2n) is 10.5. The van der Waals surface area contributed by atoms with Crippen molar-refractivity contribution >= 4 is 41.5 Å². The maximum Gasteiger partial charge on any atom is 0.326 e. The Kier molecular flexibility index (Phi) is 14.3. The van der Waals surface area contributed by atoms with Gasteiger partial charge in [0.1, 0.15) is 30.2 Å². The number of aliphatic hydroxyl groups excluding tert-OH is 2. The highest BCUT2D eigenvalue weighted by Crippen LogP contribution is 2.19. The number of carbonyl (C=O) groups is 7. The Labute approximate surface area is 242 Å². The lowest BCUT2D eigenvalue weighted by atomic mass is 10.0. The van der Waals surface area contributed by atoms with Crippen LogP contribution in [0.2, 0.25) is 0 Å². The number of aliphatic carboxylic acids is 2. The minimum absolute atomic E-state index is 0.0763. The Morgan fingerprint density at radius 1 is 0.810 bits per heavy atom. The molecule has 0 unspecified atom stereocenters. The van der Waals surface area contributed by atoms with Crippen molar-refractivity contribution in [2.45, 2.75) is 95.8 Å². The van der Waals surface area contributed by atoms with E-state index in [0.717, 1.165) is 4.90 Å². The van der Waals surface area contributed by atoms with E-state index in [4.69, 9.17) is 10.8 Å². The predicted octanol–water partition coefficient (Wildman–Crippen LogP) is -3.76. The molecule has 238 valence electrons. The van der Waals surface area contributed by atoms with Crippen molar-refractivity contribution in [2.75, 3.05) is 13.1 Å². The fraction of sp³-hybridized carbons (Fsp3) is 0.720. The van der Waals surface area contributed by atoms with Gasteiger partial charge in [-0.1, -0.05) is 13.8 Å². The SMILES string of the molecule is CC(C)[C@H](NC(=O)CN)C(=O)N[C@H](C(=O)N[C@@H](CCC(=O)O)C(=O)N[C@H](C(=O)N1CCC[C@H]1C(=O)O)[C@@H](C)O)[C@@H](C)O. The van der Waals surface area contributed by atoms with E-state index in [0.29, 0.717) is 6.42 Å². The first-order valence-electron chi connectivity index (χ1n) is 13.5. The van der Waals surface area contributed by atoms with Crippen LogP contribution in [-0.4, -0.2) is 122 Å². The first-order chi connectivity index (χ1) is 19.5. The van der Waals surface area contributed by atoms with Gasteiger partial charge in [-0.3, -0.25) is 28.8 Å². The van der Waals surface area contributed by atoms with Crippen LogP contribution in [0.15, 0.2) is 0 Å². The number of likely N-dealkylation sites (tertiary alicyclic amines) is 1. The maximum atomic E-state index is 13.2. The van der Waals surface area contributed by atoms with Crippen LogP contribution >= 0.6 is 0 Å². The molecular formula is C25H42N6O11. The van der Waals surface area contributed by atoms with Crippen LogP contribution in [-0.2, 0) is 33.6 Å². The monoisotopic (exact) mass is 602 g/mol. The van der Waals surface area contributed by atoms with Crippen molar-refractivity contribution in [1.29, 1.82) is 0 Å². The third-order valence-electron chi connectivity index (χ3n) is 6.66. The summed E-state index contributed by atoms with van der Waals surface area (Å²) in [5.41, 5.74) is 5.29. The minimum atomic E-state index is -1.65. The van der Waals surface area contributed by atoms with Crippen molar-refractivity contribution < 1.29 is 54.0 Å². The van der Waals surface area contributed by atoms with Gasteiger partial charge in [-0.2, -0.15) is 0 Å². The largest absolute Gasteiger partial charge is 0.481 e. The van der Waals surface area contributed by atoms with E-state index >= 15 is 0 Å². The van der Waals surface area contributed by atoms with E-state index in [-0.39, 0.29) is 13.0 Å². The van der Waals surface area contributed by atoms with Gasteiger partial charge in [-0.05, 0) is 39.0 Å². The van der Waals surface area contributed by atoms with Gasteiger partial charge in [0.15, 0.2) is 0 Å². The molecule has 0 aliphatic carbocycles. The number of nitrogens with zero attached hydrogens (tertiary/aromatic N) is 1. The van der Waals surface area contributed by atoms with Gasteiger partial charge in [0.2, 0.25) is 29.5 Å². The molecule has 17 heteroatoms. The quantitative estimate of drug-likeness (QED) is 0.0824. The first kappa shape index (κ1) is 36.2. The molecule has 5 amide bonds. The van der Waals surface area contributed by atoms with Gasteiger partial charge < -0.3 is 52.3 Å². The summed E-state index contributed by atoms with van der Waals surface area (Å²) in [7, 11) is 0. The molecule has 1 aliphatic heterocycles. The predicted molar refractivity (Wildman–Crippen MR) is 144 cm³/mol. The summed E-state index contributed by atoms with van der Waals surface area (Å²) in [5, 5.41) is 48.2. The second-order valence-corrected chi connectivity index (χ2v) is 10.5. The van der Waals surface area contributed by atoms with Crippen molar-refractivity contribution in [3.05, 3.63) is 0 Å². The zero-order valence-corrected chi connectivity index (χ0v) is 24.0. The lowest BCUT2D eigenvalue weighted by Crippen LogP contribution is -2.62. The number of nitrogens with two attached hydrogens (primary N) is 1. The number of amides is 5. The number of nitrogens with one attached hydrogen (secondary N) is 4. The molecule has 1 fully saturated rings. The molecule has 0 aromatic heterocycles. The Morgan fingerprint density at radius 2 is 1.36 bits per heavy atom. The van der Waals surface area contributed by atoms with Gasteiger partial charge in [-0.15, -0.1) is 0 Å². The van der Waals surface area contributed by atoms with E-state index in [1.54, 1.807) is 13.8 Å². The van der Waals surface area contributed by atoms with Crippen molar-refractivity contribution in [2.24, 2.45) is 11.7 Å². The summed E-state index contributed by atoms with van der Waals surface area (Å²) >= 11 is 0. The number of rotatable bonds is 16. The van der Waals surface area contributed by atoms with Crippen molar-refractivity contribution in [3.8, 4) is 0 Å². The van der Waals surface area contributed by atoms with Crippen LogP contribution in [0.3, 0.4) is 0 Å². The van der Waals surface area contributed by atoms with Gasteiger partial charge in [0, 0.05) is 13.0 Å². The molecule has 17 nitrogen and oxygen atoms in total. The van der Waals surface area contributed by atoms with Crippen LogP contribution in [0.4, 0.5) is 0 Å². The molecule has 7 atom stereocenters. The lowest BCUT2D eigenvalue weighted by molar-refractivity contribution is -0.150. The van der Waals surface area contributed by atoms with Crippen molar-refractivity contribution in [1.82, 2.24) is 26.2 Å². The highest BCUT2D eigenvalue weighted by Gasteiger charge is 2.40. The summed E-state index contributed by atoms with van der Waals surface area (Å²) in [6, 6.07) is -7.15. The zero-order chi connectivity index (χ0) is 32.3. The average Bonchev–Trinajstić information content (AvgIpc) is 3.40. The van der Waals surface area contributed by atoms with Crippen LogP contribution in [0.5, 0.6) is 0 Å². The van der Waals surface area contributed by atoms with E-state index < -0.39 is 109 Å². The molecule has 0 aromatic carbocycles. The molecule has 0 radical (unpaired) electrons. The second kappa shape index (κ2) is 16.6. The lowest BCUT2D eigenvalue weighted by Gasteiger charge is -2.31. The Bertz CT molecular complexity index is 1020. The molecular weight excluding hydrogens is 560 g/mol. The summed E-state index contributed by atoms with van der Waals surface area (Å²) in [5.74, 6) is -7.52. The molecule has 42 heavy (non-hydrogen) atoms. The van der Waals surface area contributed by atoms with E-state index in [1.165, 1.54) is 13.8 Å².